The highest BCUT2D eigenvalue weighted by molar-refractivity contribution is 7.15. The lowest BCUT2D eigenvalue weighted by atomic mass is 10.1. The first-order chi connectivity index (χ1) is 14.5. The Hall–Kier alpha value is -2.85. The molecule has 30 heavy (non-hydrogen) atoms. The fraction of sp³-hybridized carbons (Fsp3) is 0.450. The van der Waals surface area contributed by atoms with Crippen molar-refractivity contribution in [1.29, 1.82) is 0 Å². The van der Waals surface area contributed by atoms with Crippen molar-refractivity contribution in [3.8, 4) is 0 Å². The lowest BCUT2D eigenvalue weighted by Crippen LogP contribution is -2.42. The van der Waals surface area contributed by atoms with E-state index in [1.165, 1.54) is 4.88 Å². The van der Waals surface area contributed by atoms with E-state index in [9.17, 15) is 4.79 Å². The molecule has 1 saturated heterocycles. The van der Waals surface area contributed by atoms with Gasteiger partial charge < -0.3 is 19.5 Å². The number of anilines is 2. The molecule has 0 saturated carbocycles. The van der Waals surface area contributed by atoms with Crippen molar-refractivity contribution in [2.75, 3.05) is 25.0 Å². The van der Waals surface area contributed by atoms with E-state index in [1.807, 2.05) is 36.9 Å². The number of nitrogens with zero attached hydrogens (tertiary/aromatic N) is 5. The summed E-state index contributed by atoms with van der Waals surface area (Å²) in [5, 5.41) is 7.82. The molecule has 3 aromatic rings. The molecule has 1 amide bonds. The molecule has 1 fully saturated rings. The molecule has 1 atom stereocenters. The summed E-state index contributed by atoms with van der Waals surface area (Å²) < 4.78 is 11.0. The summed E-state index contributed by atoms with van der Waals surface area (Å²) >= 11 is 1.60. The lowest BCUT2D eigenvalue weighted by molar-refractivity contribution is -0.139. The molecular formula is C20H24N6O3S. The van der Waals surface area contributed by atoms with Gasteiger partial charge in [-0.2, -0.15) is 4.98 Å². The third kappa shape index (κ3) is 4.82. The molecule has 158 valence electrons. The van der Waals surface area contributed by atoms with Crippen molar-refractivity contribution in [2.45, 2.75) is 39.7 Å². The minimum atomic E-state index is -0.269. The van der Waals surface area contributed by atoms with E-state index in [1.54, 1.807) is 18.3 Å². The predicted octanol–water partition coefficient (Wildman–Crippen LogP) is 3.12. The molecule has 4 rings (SSSR count). The number of pyridine rings is 1. The van der Waals surface area contributed by atoms with Crippen molar-refractivity contribution < 1.29 is 14.1 Å². The smallest absolute Gasteiger partial charge is 0.227 e. The van der Waals surface area contributed by atoms with Crippen LogP contribution in [0.5, 0.6) is 0 Å². The Kier molecular flexibility index (Phi) is 6.05. The van der Waals surface area contributed by atoms with Gasteiger partial charge in [-0.25, -0.2) is 9.97 Å². The number of aryl methyl sites for hydroxylation is 4. The van der Waals surface area contributed by atoms with E-state index in [0.29, 0.717) is 50.1 Å². The maximum absolute atomic E-state index is 12.6. The van der Waals surface area contributed by atoms with Crippen molar-refractivity contribution in [3.63, 3.8) is 0 Å². The molecule has 0 unspecified atom stereocenters. The van der Waals surface area contributed by atoms with Gasteiger partial charge in [0.2, 0.25) is 11.8 Å². The highest BCUT2D eigenvalue weighted by atomic mass is 32.1. The monoisotopic (exact) mass is 428 g/mol. The van der Waals surface area contributed by atoms with Crippen LogP contribution in [0.1, 0.15) is 40.5 Å². The number of amides is 1. The van der Waals surface area contributed by atoms with Crippen LogP contribution in [0.4, 0.5) is 10.9 Å². The maximum Gasteiger partial charge on any atom is 0.227 e. The number of nitrogens with one attached hydrogen (secondary N) is 1. The average molecular weight is 429 g/mol. The third-order valence-electron chi connectivity index (χ3n) is 4.91. The zero-order valence-electron chi connectivity index (χ0n) is 17.2. The van der Waals surface area contributed by atoms with E-state index >= 15 is 0 Å². The summed E-state index contributed by atoms with van der Waals surface area (Å²) in [6.07, 6.45) is 0.493. The molecular weight excluding hydrogens is 404 g/mol. The molecule has 10 heteroatoms. The molecule has 1 aliphatic rings. The normalized spacial score (nSPS) is 16.6. The Bertz CT molecular complexity index is 1010. The van der Waals surface area contributed by atoms with Gasteiger partial charge in [-0.1, -0.05) is 11.2 Å². The molecule has 3 aromatic heterocycles. The first kappa shape index (κ1) is 20.4. The summed E-state index contributed by atoms with van der Waals surface area (Å²) in [5.41, 5.74) is 1.80. The number of rotatable bonds is 6. The second kappa shape index (κ2) is 8.88. The number of carbonyl (C=O) groups is 1. The molecule has 0 spiro atoms. The Morgan fingerprint density at radius 1 is 1.27 bits per heavy atom. The van der Waals surface area contributed by atoms with Crippen molar-refractivity contribution in [3.05, 3.63) is 46.2 Å². The number of hydrogen-bond acceptors (Lipinski definition) is 9. The number of carbonyl (C=O) groups excluding carboxylic acids is 1. The average Bonchev–Trinajstić information content (AvgIpc) is 3.30. The fourth-order valence-corrected chi connectivity index (χ4v) is 4.03. The highest BCUT2D eigenvalue weighted by Gasteiger charge is 2.26. The number of hydrogen-bond donors (Lipinski definition) is 1. The van der Waals surface area contributed by atoms with Gasteiger partial charge in [0.1, 0.15) is 11.9 Å². The largest absolute Gasteiger partial charge is 0.368 e. The van der Waals surface area contributed by atoms with Crippen LogP contribution in [0.2, 0.25) is 0 Å². The molecule has 0 aromatic carbocycles. The van der Waals surface area contributed by atoms with Crippen LogP contribution in [-0.4, -0.2) is 50.6 Å². The van der Waals surface area contributed by atoms with Crippen LogP contribution in [0.15, 0.2) is 22.7 Å². The van der Waals surface area contributed by atoms with Gasteiger partial charge in [0.25, 0.3) is 0 Å². The summed E-state index contributed by atoms with van der Waals surface area (Å²) in [6.45, 7) is 7.29. The lowest BCUT2D eigenvalue weighted by Gasteiger charge is -2.32. The zero-order chi connectivity index (χ0) is 21.1. The van der Waals surface area contributed by atoms with E-state index in [-0.39, 0.29) is 12.0 Å². The summed E-state index contributed by atoms with van der Waals surface area (Å²) in [5.74, 6) is 1.81. The SMILES string of the molecule is Cc1noc(CCC(=O)N2CCO[C@H](c3cccc(Nc4nc(C)c(C)s4)n3)C2)n1. The maximum atomic E-state index is 12.6. The Labute approximate surface area is 178 Å². The van der Waals surface area contributed by atoms with E-state index < -0.39 is 0 Å². The fourth-order valence-electron chi connectivity index (χ4n) is 3.20. The van der Waals surface area contributed by atoms with Gasteiger partial charge in [0, 0.05) is 24.3 Å². The summed E-state index contributed by atoms with van der Waals surface area (Å²) in [7, 11) is 0. The summed E-state index contributed by atoms with van der Waals surface area (Å²) in [6, 6.07) is 5.75. The Balaban J connectivity index is 1.38. The van der Waals surface area contributed by atoms with Gasteiger partial charge in [0.15, 0.2) is 11.0 Å². The van der Waals surface area contributed by atoms with Gasteiger partial charge in [-0.15, -0.1) is 11.3 Å². The van der Waals surface area contributed by atoms with Gasteiger partial charge in [-0.3, -0.25) is 4.79 Å². The van der Waals surface area contributed by atoms with Crippen LogP contribution in [0.25, 0.3) is 0 Å². The standard InChI is InChI=1S/C20H24N6O3S/c1-12-13(2)30-20(21-12)24-17-6-4-5-15(23-17)16-11-26(9-10-28-16)19(27)8-7-18-22-14(3)25-29-18/h4-6,16H,7-11H2,1-3H3,(H,21,23,24)/t16-/m0/s1. The Morgan fingerprint density at radius 3 is 2.87 bits per heavy atom. The van der Waals surface area contributed by atoms with Crippen LogP contribution < -0.4 is 5.32 Å². The topological polar surface area (TPSA) is 106 Å². The number of ether oxygens (including phenoxy) is 1. The van der Waals surface area contributed by atoms with Crippen LogP contribution in [0.3, 0.4) is 0 Å². The van der Waals surface area contributed by atoms with Crippen LogP contribution in [-0.2, 0) is 16.0 Å². The summed E-state index contributed by atoms with van der Waals surface area (Å²) in [4.78, 5) is 28.9. The van der Waals surface area contributed by atoms with Crippen LogP contribution >= 0.6 is 11.3 Å². The van der Waals surface area contributed by atoms with Crippen molar-refractivity contribution in [1.82, 2.24) is 25.0 Å². The molecule has 0 bridgehead atoms. The number of thiazole rings is 1. The number of aromatic nitrogens is 4. The highest BCUT2D eigenvalue weighted by Crippen LogP contribution is 2.26. The zero-order valence-corrected chi connectivity index (χ0v) is 18.0. The third-order valence-corrected chi connectivity index (χ3v) is 5.89. The van der Waals surface area contributed by atoms with Gasteiger partial charge in [0.05, 0.1) is 24.5 Å². The second-order valence-corrected chi connectivity index (χ2v) is 8.37. The molecule has 0 aliphatic carbocycles. The first-order valence-corrected chi connectivity index (χ1v) is 10.7. The molecule has 0 radical (unpaired) electrons. The first-order valence-electron chi connectivity index (χ1n) is 9.84. The predicted molar refractivity (Wildman–Crippen MR) is 112 cm³/mol. The molecule has 9 nitrogen and oxygen atoms in total. The minimum absolute atomic E-state index is 0.0437. The van der Waals surface area contributed by atoms with Crippen molar-refractivity contribution >= 4 is 28.2 Å². The van der Waals surface area contributed by atoms with E-state index in [2.05, 4.69) is 25.4 Å². The number of morpholine rings is 1. The molecule has 4 heterocycles. The molecule has 1 N–H and O–H groups in total. The minimum Gasteiger partial charge on any atom is -0.368 e. The quantitative estimate of drug-likeness (QED) is 0.638. The Morgan fingerprint density at radius 2 is 2.13 bits per heavy atom. The van der Waals surface area contributed by atoms with E-state index in [0.717, 1.165) is 16.5 Å². The van der Waals surface area contributed by atoms with Gasteiger partial charge >= 0.3 is 0 Å². The van der Waals surface area contributed by atoms with Crippen molar-refractivity contribution in [2.24, 2.45) is 0 Å². The molecule has 1 aliphatic heterocycles. The second-order valence-electron chi connectivity index (χ2n) is 7.17. The van der Waals surface area contributed by atoms with E-state index in [4.69, 9.17) is 9.26 Å². The van der Waals surface area contributed by atoms with Crippen LogP contribution in [0, 0.1) is 20.8 Å². The van der Waals surface area contributed by atoms with Gasteiger partial charge in [-0.05, 0) is 32.9 Å².